The fourth-order valence-electron chi connectivity index (χ4n) is 1.61. The van der Waals surface area contributed by atoms with Crippen LogP contribution in [0.1, 0.15) is 12.8 Å². The predicted octanol–water partition coefficient (Wildman–Crippen LogP) is 3.02. The van der Waals surface area contributed by atoms with E-state index in [4.69, 9.17) is 4.74 Å². The van der Waals surface area contributed by atoms with Crippen molar-refractivity contribution in [2.45, 2.75) is 12.8 Å². The fraction of sp³-hybridized carbons (Fsp3) is 0.200. The van der Waals surface area contributed by atoms with Gasteiger partial charge in [-0.3, -0.25) is 9.78 Å². The molecule has 5 heteroatoms. The number of amides is 1. The summed E-state index contributed by atoms with van der Waals surface area (Å²) in [6, 6.07) is 9.33. The van der Waals surface area contributed by atoms with Crippen LogP contribution in [0.5, 0.6) is 5.75 Å². The molecule has 0 bridgehead atoms. The van der Waals surface area contributed by atoms with Gasteiger partial charge in [0.25, 0.3) is 0 Å². The number of carbonyl (C=O) groups is 1. The number of aromatic nitrogens is 1. The molecule has 2 rings (SSSR count). The van der Waals surface area contributed by atoms with Crippen molar-refractivity contribution in [1.29, 1.82) is 0 Å². The van der Waals surface area contributed by atoms with E-state index in [1.54, 1.807) is 36.7 Å². The number of benzene rings is 1. The first-order chi connectivity index (χ1) is 9.74. The lowest BCUT2D eigenvalue weighted by Gasteiger charge is -2.06. The molecule has 20 heavy (non-hydrogen) atoms. The van der Waals surface area contributed by atoms with Gasteiger partial charge in [-0.1, -0.05) is 0 Å². The minimum absolute atomic E-state index is 0.0827. The highest BCUT2D eigenvalue weighted by molar-refractivity contribution is 5.90. The van der Waals surface area contributed by atoms with Crippen LogP contribution < -0.4 is 10.1 Å². The van der Waals surface area contributed by atoms with Gasteiger partial charge in [-0.25, -0.2) is 4.39 Å². The zero-order chi connectivity index (χ0) is 14.2. The lowest BCUT2D eigenvalue weighted by Crippen LogP contribution is -2.12. The predicted molar refractivity (Wildman–Crippen MR) is 74.0 cm³/mol. The second-order valence-electron chi connectivity index (χ2n) is 4.20. The Balaban J connectivity index is 1.66. The molecule has 0 unspecified atom stereocenters. The number of hydrogen-bond donors (Lipinski definition) is 1. The van der Waals surface area contributed by atoms with Gasteiger partial charge in [0, 0.05) is 12.6 Å². The molecule has 1 N–H and O–H groups in total. The Kier molecular flexibility index (Phi) is 5.06. The Morgan fingerprint density at radius 2 is 2.05 bits per heavy atom. The fourth-order valence-corrected chi connectivity index (χ4v) is 1.61. The van der Waals surface area contributed by atoms with Gasteiger partial charge in [0.1, 0.15) is 11.6 Å². The number of ether oxygens (including phenoxy) is 1. The topological polar surface area (TPSA) is 51.2 Å². The van der Waals surface area contributed by atoms with E-state index >= 15 is 0 Å². The first-order valence-electron chi connectivity index (χ1n) is 6.32. The molecular weight excluding hydrogens is 259 g/mol. The number of nitrogens with one attached hydrogen (secondary N) is 1. The molecule has 0 saturated heterocycles. The van der Waals surface area contributed by atoms with Gasteiger partial charge in [-0.05, 0) is 42.8 Å². The SMILES string of the molecule is O=C(CCCOc1ccc(F)cc1)Nc1cccnc1. The molecule has 1 aromatic carbocycles. The number of anilines is 1. The Bertz CT molecular complexity index is 544. The minimum Gasteiger partial charge on any atom is -0.494 e. The van der Waals surface area contributed by atoms with Crippen molar-refractivity contribution < 1.29 is 13.9 Å². The number of carbonyl (C=O) groups excluding carboxylic acids is 1. The number of nitrogens with zero attached hydrogens (tertiary/aromatic N) is 1. The molecule has 0 atom stereocenters. The molecule has 0 aliphatic carbocycles. The Labute approximate surface area is 116 Å². The standard InChI is InChI=1S/C15H15FN2O2/c16-12-5-7-14(8-6-12)20-10-2-4-15(19)18-13-3-1-9-17-11-13/h1,3,5-9,11H,2,4,10H2,(H,18,19). The van der Waals surface area contributed by atoms with Crippen LogP contribution in [0.3, 0.4) is 0 Å². The van der Waals surface area contributed by atoms with Gasteiger partial charge >= 0.3 is 0 Å². The highest BCUT2D eigenvalue weighted by Crippen LogP contribution is 2.11. The zero-order valence-electron chi connectivity index (χ0n) is 10.9. The molecule has 0 saturated carbocycles. The third kappa shape index (κ3) is 4.68. The molecule has 104 valence electrons. The van der Waals surface area contributed by atoms with Crippen LogP contribution in [0.15, 0.2) is 48.8 Å². The monoisotopic (exact) mass is 274 g/mol. The number of halogens is 1. The summed E-state index contributed by atoms with van der Waals surface area (Å²) in [5.41, 5.74) is 0.678. The van der Waals surface area contributed by atoms with Crippen LogP contribution in [0.2, 0.25) is 0 Å². The summed E-state index contributed by atoms with van der Waals surface area (Å²) in [5.74, 6) is 0.216. The van der Waals surface area contributed by atoms with Gasteiger partial charge in [0.15, 0.2) is 0 Å². The van der Waals surface area contributed by atoms with Gasteiger partial charge in [0.05, 0.1) is 18.5 Å². The van der Waals surface area contributed by atoms with Crippen LogP contribution >= 0.6 is 0 Å². The van der Waals surface area contributed by atoms with Gasteiger partial charge < -0.3 is 10.1 Å². The maximum atomic E-state index is 12.7. The summed E-state index contributed by atoms with van der Waals surface area (Å²) in [6.07, 6.45) is 4.18. The van der Waals surface area contributed by atoms with Gasteiger partial charge in [-0.15, -0.1) is 0 Å². The molecule has 4 nitrogen and oxygen atoms in total. The van der Waals surface area contributed by atoms with Crippen molar-refractivity contribution in [3.8, 4) is 5.75 Å². The van der Waals surface area contributed by atoms with Crippen molar-refractivity contribution in [2.75, 3.05) is 11.9 Å². The van der Waals surface area contributed by atoms with Crippen molar-refractivity contribution in [3.63, 3.8) is 0 Å². The largest absolute Gasteiger partial charge is 0.494 e. The van der Waals surface area contributed by atoms with Crippen molar-refractivity contribution in [2.24, 2.45) is 0 Å². The van der Waals surface area contributed by atoms with Crippen LogP contribution in [-0.4, -0.2) is 17.5 Å². The average Bonchev–Trinajstić information content (AvgIpc) is 2.46. The van der Waals surface area contributed by atoms with E-state index < -0.39 is 0 Å². The summed E-state index contributed by atoms with van der Waals surface area (Å²) in [5, 5.41) is 2.74. The van der Waals surface area contributed by atoms with Crippen molar-refractivity contribution in [1.82, 2.24) is 4.98 Å². The van der Waals surface area contributed by atoms with E-state index in [0.29, 0.717) is 30.9 Å². The van der Waals surface area contributed by atoms with Crippen LogP contribution in [0, 0.1) is 5.82 Å². The molecule has 0 radical (unpaired) electrons. The second kappa shape index (κ2) is 7.23. The van der Waals surface area contributed by atoms with E-state index in [1.807, 2.05) is 0 Å². The third-order valence-electron chi connectivity index (χ3n) is 2.58. The second-order valence-corrected chi connectivity index (χ2v) is 4.20. The first kappa shape index (κ1) is 14.0. The Morgan fingerprint density at radius 1 is 1.25 bits per heavy atom. The van der Waals surface area contributed by atoms with E-state index in [0.717, 1.165) is 0 Å². The first-order valence-corrected chi connectivity index (χ1v) is 6.32. The summed E-state index contributed by atoms with van der Waals surface area (Å²) in [4.78, 5) is 15.5. The summed E-state index contributed by atoms with van der Waals surface area (Å²) >= 11 is 0. The van der Waals surface area contributed by atoms with E-state index in [2.05, 4.69) is 10.3 Å². The number of hydrogen-bond acceptors (Lipinski definition) is 3. The van der Waals surface area contributed by atoms with Crippen LogP contribution in [0.25, 0.3) is 0 Å². The smallest absolute Gasteiger partial charge is 0.224 e. The molecule has 1 aromatic heterocycles. The zero-order valence-corrected chi connectivity index (χ0v) is 10.9. The lowest BCUT2D eigenvalue weighted by atomic mass is 10.3. The van der Waals surface area contributed by atoms with Crippen LogP contribution in [-0.2, 0) is 4.79 Å². The highest BCUT2D eigenvalue weighted by atomic mass is 19.1. The molecule has 1 amide bonds. The Morgan fingerprint density at radius 3 is 2.75 bits per heavy atom. The van der Waals surface area contributed by atoms with E-state index in [1.165, 1.54) is 12.1 Å². The lowest BCUT2D eigenvalue weighted by molar-refractivity contribution is -0.116. The quantitative estimate of drug-likeness (QED) is 0.824. The van der Waals surface area contributed by atoms with Crippen LogP contribution in [0.4, 0.5) is 10.1 Å². The molecule has 0 fully saturated rings. The normalized spacial score (nSPS) is 10.1. The van der Waals surface area contributed by atoms with Gasteiger partial charge in [0.2, 0.25) is 5.91 Å². The minimum atomic E-state index is -0.298. The average molecular weight is 274 g/mol. The third-order valence-corrected chi connectivity index (χ3v) is 2.58. The summed E-state index contributed by atoms with van der Waals surface area (Å²) in [6.45, 7) is 0.409. The van der Waals surface area contributed by atoms with E-state index in [-0.39, 0.29) is 11.7 Å². The number of rotatable bonds is 6. The molecule has 1 heterocycles. The Hall–Kier alpha value is -2.43. The van der Waals surface area contributed by atoms with Crippen molar-refractivity contribution in [3.05, 3.63) is 54.6 Å². The highest BCUT2D eigenvalue weighted by Gasteiger charge is 2.02. The maximum absolute atomic E-state index is 12.7. The number of pyridine rings is 1. The molecule has 0 spiro atoms. The maximum Gasteiger partial charge on any atom is 0.224 e. The summed E-state index contributed by atoms with van der Waals surface area (Å²) in [7, 11) is 0. The molecular formula is C15H15FN2O2. The molecule has 2 aromatic rings. The molecule has 0 aliphatic rings. The van der Waals surface area contributed by atoms with Crippen molar-refractivity contribution >= 4 is 11.6 Å². The van der Waals surface area contributed by atoms with E-state index in [9.17, 15) is 9.18 Å². The van der Waals surface area contributed by atoms with Gasteiger partial charge in [-0.2, -0.15) is 0 Å². The summed E-state index contributed by atoms with van der Waals surface area (Å²) < 4.78 is 18.1. The molecule has 0 aliphatic heterocycles.